The zero-order valence-electron chi connectivity index (χ0n) is 16.0. The first-order valence-electron chi connectivity index (χ1n) is 9.89. The Labute approximate surface area is 152 Å². The van der Waals surface area contributed by atoms with Gasteiger partial charge in [-0.05, 0) is 32.2 Å². The van der Waals surface area contributed by atoms with E-state index in [2.05, 4.69) is 41.5 Å². The molecule has 0 aromatic carbocycles. The van der Waals surface area contributed by atoms with E-state index >= 15 is 0 Å². The second kappa shape index (κ2) is 8.03. The van der Waals surface area contributed by atoms with Crippen molar-refractivity contribution in [2.24, 2.45) is 5.92 Å². The van der Waals surface area contributed by atoms with Gasteiger partial charge in [0.1, 0.15) is 6.04 Å². The lowest BCUT2D eigenvalue weighted by Crippen LogP contribution is -2.59. The Morgan fingerprint density at radius 3 is 2.52 bits per heavy atom. The minimum atomic E-state index is -0.0345. The summed E-state index contributed by atoms with van der Waals surface area (Å²) in [5, 5.41) is 9.36. The van der Waals surface area contributed by atoms with E-state index in [1.54, 1.807) is 0 Å². The number of rotatable bonds is 4. The van der Waals surface area contributed by atoms with Gasteiger partial charge in [0, 0.05) is 51.4 Å². The first-order valence-corrected chi connectivity index (χ1v) is 9.89. The van der Waals surface area contributed by atoms with E-state index in [1.807, 2.05) is 4.90 Å². The van der Waals surface area contributed by atoms with Gasteiger partial charge in [-0.15, -0.1) is 0 Å². The molecule has 0 aromatic rings. The van der Waals surface area contributed by atoms with Crippen LogP contribution in [0.5, 0.6) is 0 Å². The molecule has 0 bridgehead atoms. The van der Waals surface area contributed by atoms with Crippen molar-refractivity contribution in [2.75, 3.05) is 52.4 Å². The van der Waals surface area contributed by atoms with Crippen LogP contribution in [0, 0.1) is 17.2 Å². The number of hydrogen-bond donors (Lipinski definition) is 0. The predicted octanol–water partition coefficient (Wildman–Crippen LogP) is 0.847. The van der Waals surface area contributed by atoms with Gasteiger partial charge in [0.25, 0.3) is 0 Å². The average molecular weight is 348 g/mol. The van der Waals surface area contributed by atoms with Crippen molar-refractivity contribution in [3.05, 3.63) is 0 Å². The molecule has 0 aliphatic carbocycles. The number of hydrogen-bond acceptors (Lipinski definition) is 5. The van der Waals surface area contributed by atoms with Crippen LogP contribution in [0.25, 0.3) is 0 Å². The quantitative estimate of drug-likeness (QED) is 0.755. The van der Waals surface area contributed by atoms with Crippen molar-refractivity contribution in [2.45, 2.75) is 51.7 Å². The minimum Gasteiger partial charge on any atom is -0.339 e. The van der Waals surface area contributed by atoms with E-state index in [-0.39, 0.29) is 11.9 Å². The highest BCUT2D eigenvalue weighted by molar-refractivity contribution is 5.78. The maximum absolute atomic E-state index is 12.8. The summed E-state index contributed by atoms with van der Waals surface area (Å²) in [7, 11) is 0. The third kappa shape index (κ3) is 4.16. The molecule has 0 aromatic heterocycles. The summed E-state index contributed by atoms with van der Waals surface area (Å²) in [6, 6.07) is 3.50. The molecule has 3 aliphatic rings. The van der Waals surface area contributed by atoms with Crippen LogP contribution in [-0.2, 0) is 4.79 Å². The van der Waals surface area contributed by atoms with Gasteiger partial charge < -0.3 is 4.90 Å². The van der Waals surface area contributed by atoms with E-state index in [0.29, 0.717) is 24.5 Å². The number of fused-ring (bicyclic) bond motifs is 1. The summed E-state index contributed by atoms with van der Waals surface area (Å²) in [5.74, 6) is 0.590. The topological polar surface area (TPSA) is 53.8 Å². The lowest BCUT2D eigenvalue weighted by Gasteiger charge is -2.43. The summed E-state index contributed by atoms with van der Waals surface area (Å²) in [4.78, 5) is 22.0. The normalized spacial score (nSPS) is 30.3. The number of nitriles is 1. The molecule has 3 fully saturated rings. The molecule has 6 nitrogen and oxygen atoms in total. The second-order valence-corrected chi connectivity index (χ2v) is 8.30. The third-order valence-electron chi connectivity index (χ3n) is 6.23. The van der Waals surface area contributed by atoms with Crippen molar-refractivity contribution in [1.82, 2.24) is 19.6 Å². The summed E-state index contributed by atoms with van der Waals surface area (Å²) < 4.78 is 0. The Morgan fingerprint density at radius 1 is 1.16 bits per heavy atom. The first kappa shape index (κ1) is 18.6. The molecule has 0 N–H and O–H groups in total. The van der Waals surface area contributed by atoms with Crippen LogP contribution in [0.3, 0.4) is 0 Å². The lowest BCUT2D eigenvalue weighted by molar-refractivity contribution is -0.136. The molecule has 140 valence electrons. The maximum Gasteiger partial charge on any atom is 0.236 e. The molecule has 3 atom stereocenters. The number of carbonyl (C=O) groups excluding carboxylic acids is 1. The molecule has 0 unspecified atom stereocenters. The molecule has 3 saturated heterocycles. The van der Waals surface area contributed by atoms with Crippen LogP contribution in [0.4, 0.5) is 0 Å². The van der Waals surface area contributed by atoms with Crippen molar-refractivity contribution >= 4 is 5.91 Å². The van der Waals surface area contributed by atoms with Crippen LogP contribution >= 0.6 is 0 Å². The van der Waals surface area contributed by atoms with Crippen molar-refractivity contribution < 1.29 is 4.79 Å². The van der Waals surface area contributed by atoms with Gasteiger partial charge in [-0.1, -0.05) is 13.8 Å². The monoisotopic (exact) mass is 347 g/mol. The fraction of sp³-hybridized carbons (Fsp3) is 0.895. The Bertz CT molecular complexity index is 508. The molecular formula is C19H33N5O. The molecule has 3 aliphatic heterocycles. The Hall–Kier alpha value is -1.16. The summed E-state index contributed by atoms with van der Waals surface area (Å²) >= 11 is 0. The van der Waals surface area contributed by atoms with Gasteiger partial charge in [0.15, 0.2) is 0 Å². The highest BCUT2D eigenvalue weighted by atomic mass is 16.2. The van der Waals surface area contributed by atoms with Crippen molar-refractivity contribution in [3.8, 4) is 6.07 Å². The highest BCUT2D eigenvalue weighted by Gasteiger charge is 2.36. The first-order chi connectivity index (χ1) is 12.0. The Balaban J connectivity index is 1.49. The Morgan fingerprint density at radius 2 is 1.88 bits per heavy atom. The smallest absolute Gasteiger partial charge is 0.236 e. The van der Waals surface area contributed by atoms with Crippen LogP contribution in [0.15, 0.2) is 0 Å². The molecule has 3 rings (SSSR count). The SMILES string of the molecule is CC(C)[C@H](C#N)N1CCN(C(=O)CN2C[C@@H]3CCCN3C[C@@H]2C)CC1. The largest absolute Gasteiger partial charge is 0.339 e. The van der Waals surface area contributed by atoms with Gasteiger partial charge in [-0.25, -0.2) is 0 Å². The maximum atomic E-state index is 12.8. The lowest BCUT2D eigenvalue weighted by atomic mass is 10.0. The van der Waals surface area contributed by atoms with Crippen LogP contribution < -0.4 is 0 Å². The van der Waals surface area contributed by atoms with E-state index in [9.17, 15) is 10.1 Å². The van der Waals surface area contributed by atoms with Crippen molar-refractivity contribution in [1.29, 1.82) is 5.26 Å². The molecule has 6 heteroatoms. The molecule has 1 amide bonds. The zero-order valence-corrected chi connectivity index (χ0v) is 16.0. The second-order valence-electron chi connectivity index (χ2n) is 8.30. The summed E-state index contributed by atoms with van der Waals surface area (Å²) in [6.07, 6.45) is 2.58. The Kier molecular flexibility index (Phi) is 5.98. The van der Waals surface area contributed by atoms with Crippen LogP contribution in [0.1, 0.15) is 33.6 Å². The summed E-state index contributed by atoms with van der Waals surface area (Å²) in [5.41, 5.74) is 0. The van der Waals surface area contributed by atoms with E-state index < -0.39 is 0 Å². The van der Waals surface area contributed by atoms with Gasteiger partial charge in [-0.3, -0.25) is 19.5 Å². The fourth-order valence-electron chi connectivity index (χ4n) is 4.64. The molecular weight excluding hydrogens is 314 g/mol. The molecule has 0 spiro atoms. The van der Waals surface area contributed by atoms with E-state index in [4.69, 9.17) is 0 Å². The minimum absolute atomic E-state index is 0.0345. The van der Waals surface area contributed by atoms with Crippen LogP contribution in [0.2, 0.25) is 0 Å². The molecule has 0 radical (unpaired) electrons. The van der Waals surface area contributed by atoms with Gasteiger partial charge in [-0.2, -0.15) is 5.26 Å². The number of piperazine rings is 2. The average Bonchev–Trinajstić information content (AvgIpc) is 3.03. The molecule has 0 saturated carbocycles. The standard InChI is InChI=1S/C19H33N5O/c1-15(2)18(11-20)21-7-9-22(10-8-21)19(25)14-24-13-17-5-4-6-23(17)12-16(24)3/h15-18H,4-10,12-14H2,1-3H3/t16-,17-,18-/m0/s1. The zero-order chi connectivity index (χ0) is 18.0. The fourth-order valence-corrected chi connectivity index (χ4v) is 4.64. The van der Waals surface area contributed by atoms with E-state index in [1.165, 1.54) is 19.4 Å². The summed E-state index contributed by atoms with van der Waals surface area (Å²) in [6.45, 7) is 13.5. The highest BCUT2D eigenvalue weighted by Crippen LogP contribution is 2.24. The van der Waals surface area contributed by atoms with Gasteiger partial charge in [0.2, 0.25) is 5.91 Å². The number of nitrogens with zero attached hydrogens (tertiary/aromatic N) is 5. The predicted molar refractivity (Wildman–Crippen MR) is 98.0 cm³/mol. The van der Waals surface area contributed by atoms with Crippen LogP contribution in [-0.4, -0.2) is 96.0 Å². The third-order valence-corrected chi connectivity index (χ3v) is 6.23. The molecule has 25 heavy (non-hydrogen) atoms. The molecule has 3 heterocycles. The van der Waals surface area contributed by atoms with Gasteiger partial charge >= 0.3 is 0 Å². The van der Waals surface area contributed by atoms with Gasteiger partial charge in [0.05, 0.1) is 12.6 Å². The van der Waals surface area contributed by atoms with E-state index in [0.717, 1.165) is 39.3 Å². The number of amides is 1. The van der Waals surface area contributed by atoms with Crippen molar-refractivity contribution in [3.63, 3.8) is 0 Å². The number of carbonyl (C=O) groups is 1.